The maximum Gasteiger partial charge on any atom is 0.270 e. The van der Waals surface area contributed by atoms with Gasteiger partial charge in [-0.3, -0.25) is 15.0 Å². The Balaban J connectivity index is 1.96. The molecule has 0 aliphatic heterocycles. The number of nitro benzene ring substituents is 1. The molecule has 1 aliphatic carbocycles. The number of benzene rings is 1. The summed E-state index contributed by atoms with van der Waals surface area (Å²) >= 11 is 3.45. The van der Waals surface area contributed by atoms with Crippen molar-refractivity contribution in [1.29, 1.82) is 0 Å². The van der Waals surface area contributed by atoms with Crippen LogP contribution in [0.3, 0.4) is 0 Å². The number of non-ortho nitro benzene ring substituents is 1. The van der Waals surface area contributed by atoms with Crippen LogP contribution in [0.2, 0.25) is 0 Å². The molecule has 1 N–H and O–H groups in total. The van der Waals surface area contributed by atoms with E-state index in [2.05, 4.69) is 33.2 Å². The molecule has 21 heavy (non-hydrogen) atoms. The minimum Gasteiger partial charge on any atom is -0.317 e. The smallest absolute Gasteiger partial charge is 0.270 e. The molecule has 2 rings (SSSR count). The fourth-order valence-electron chi connectivity index (χ4n) is 2.98. The summed E-state index contributed by atoms with van der Waals surface area (Å²) in [4.78, 5) is 12.8. The first-order valence-corrected chi connectivity index (χ1v) is 8.11. The highest BCUT2D eigenvalue weighted by atomic mass is 79.9. The van der Waals surface area contributed by atoms with E-state index in [0.717, 1.165) is 16.6 Å². The number of nitrogens with one attached hydrogen (secondary N) is 1. The summed E-state index contributed by atoms with van der Waals surface area (Å²) in [7, 11) is 4.17. The molecule has 0 aromatic heterocycles. The van der Waals surface area contributed by atoms with Crippen molar-refractivity contribution in [2.24, 2.45) is 0 Å². The van der Waals surface area contributed by atoms with Crippen molar-refractivity contribution in [3.63, 3.8) is 0 Å². The van der Waals surface area contributed by atoms with Gasteiger partial charge in [0, 0.05) is 35.2 Å². The van der Waals surface area contributed by atoms with Crippen molar-refractivity contribution >= 4 is 21.6 Å². The normalized spacial score (nSPS) is 22.5. The molecule has 1 aromatic carbocycles. The van der Waals surface area contributed by atoms with Crippen LogP contribution in [0, 0.1) is 10.1 Å². The summed E-state index contributed by atoms with van der Waals surface area (Å²) in [5, 5.41) is 14.1. The van der Waals surface area contributed by atoms with Crippen molar-refractivity contribution in [3.8, 4) is 0 Å². The van der Waals surface area contributed by atoms with E-state index in [-0.39, 0.29) is 10.6 Å². The van der Waals surface area contributed by atoms with Gasteiger partial charge in [-0.25, -0.2) is 0 Å². The molecule has 1 saturated carbocycles. The average Bonchev–Trinajstić information content (AvgIpc) is 2.49. The molecule has 1 aromatic rings. The SMILES string of the molecule is CNC1CCC(N(C)Cc2ccc([N+](=O)[O-])cc2Br)CC1. The largest absolute Gasteiger partial charge is 0.317 e. The Hall–Kier alpha value is -0.980. The van der Waals surface area contributed by atoms with Crippen LogP contribution in [-0.4, -0.2) is 36.0 Å². The fourth-order valence-corrected chi connectivity index (χ4v) is 3.47. The molecule has 116 valence electrons. The van der Waals surface area contributed by atoms with Gasteiger partial charge in [0.15, 0.2) is 0 Å². The van der Waals surface area contributed by atoms with E-state index in [4.69, 9.17) is 0 Å². The van der Waals surface area contributed by atoms with Crippen LogP contribution >= 0.6 is 15.9 Å². The molecule has 0 atom stereocenters. The molecule has 6 heteroatoms. The summed E-state index contributed by atoms with van der Waals surface area (Å²) in [6.45, 7) is 0.813. The second-order valence-electron chi connectivity index (χ2n) is 5.74. The van der Waals surface area contributed by atoms with Gasteiger partial charge in [0.1, 0.15) is 0 Å². The van der Waals surface area contributed by atoms with Crippen molar-refractivity contribution in [1.82, 2.24) is 10.2 Å². The monoisotopic (exact) mass is 355 g/mol. The van der Waals surface area contributed by atoms with Gasteiger partial charge in [0.25, 0.3) is 5.69 Å². The predicted octanol–water partition coefficient (Wildman–Crippen LogP) is 3.32. The van der Waals surface area contributed by atoms with E-state index in [1.165, 1.54) is 25.7 Å². The summed E-state index contributed by atoms with van der Waals surface area (Å²) in [6, 6.07) is 6.25. The van der Waals surface area contributed by atoms with Gasteiger partial charge < -0.3 is 5.32 Å². The molecule has 0 unspecified atom stereocenters. The summed E-state index contributed by atoms with van der Waals surface area (Å²) in [6.07, 6.45) is 4.83. The lowest BCUT2D eigenvalue weighted by Crippen LogP contribution is -2.39. The van der Waals surface area contributed by atoms with E-state index < -0.39 is 0 Å². The summed E-state index contributed by atoms with van der Waals surface area (Å²) in [5.74, 6) is 0. The number of nitrogens with zero attached hydrogens (tertiary/aromatic N) is 2. The van der Waals surface area contributed by atoms with Gasteiger partial charge in [0.2, 0.25) is 0 Å². The number of hydrogen-bond donors (Lipinski definition) is 1. The molecule has 0 radical (unpaired) electrons. The Morgan fingerprint density at radius 2 is 2.05 bits per heavy atom. The van der Waals surface area contributed by atoms with Crippen LogP contribution in [0.25, 0.3) is 0 Å². The van der Waals surface area contributed by atoms with Gasteiger partial charge in [0.05, 0.1) is 4.92 Å². The summed E-state index contributed by atoms with van der Waals surface area (Å²) < 4.78 is 0.812. The van der Waals surface area contributed by atoms with E-state index >= 15 is 0 Å². The number of halogens is 1. The fraction of sp³-hybridized carbons (Fsp3) is 0.600. The van der Waals surface area contributed by atoms with E-state index in [1.807, 2.05) is 13.1 Å². The van der Waals surface area contributed by atoms with Gasteiger partial charge in [-0.05, 0) is 51.4 Å². The van der Waals surface area contributed by atoms with Gasteiger partial charge in [-0.15, -0.1) is 0 Å². The van der Waals surface area contributed by atoms with Gasteiger partial charge >= 0.3 is 0 Å². The van der Waals surface area contributed by atoms with Gasteiger partial charge in [-0.2, -0.15) is 0 Å². The zero-order chi connectivity index (χ0) is 15.4. The third-order valence-corrected chi connectivity index (χ3v) is 5.13. The van der Waals surface area contributed by atoms with E-state index in [1.54, 1.807) is 12.1 Å². The third kappa shape index (κ3) is 4.25. The zero-order valence-electron chi connectivity index (χ0n) is 12.5. The average molecular weight is 356 g/mol. The van der Waals surface area contributed by atoms with Crippen molar-refractivity contribution in [3.05, 3.63) is 38.3 Å². The molecular weight excluding hydrogens is 334 g/mol. The molecular formula is C15H22BrN3O2. The number of hydrogen-bond acceptors (Lipinski definition) is 4. The van der Waals surface area contributed by atoms with Crippen LogP contribution < -0.4 is 5.32 Å². The van der Waals surface area contributed by atoms with Crippen molar-refractivity contribution in [2.45, 2.75) is 44.3 Å². The molecule has 5 nitrogen and oxygen atoms in total. The lowest BCUT2D eigenvalue weighted by Gasteiger charge is -2.34. The number of nitro groups is 1. The van der Waals surface area contributed by atoms with Gasteiger partial charge in [-0.1, -0.05) is 15.9 Å². The highest BCUT2D eigenvalue weighted by Crippen LogP contribution is 2.27. The minimum absolute atomic E-state index is 0.128. The van der Waals surface area contributed by atoms with E-state index in [9.17, 15) is 10.1 Å². The predicted molar refractivity (Wildman–Crippen MR) is 87.4 cm³/mol. The Morgan fingerprint density at radius 1 is 1.38 bits per heavy atom. The van der Waals surface area contributed by atoms with Crippen LogP contribution in [0.5, 0.6) is 0 Å². The Bertz CT molecular complexity index is 502. The van der Waals surface area contributed by atoms with Crippen LogP contribution in [0.4, 0.5) is 5.69 Å². The molecule has 0 amide bonds. The Kier molecular flexibility index (Phi) is 5.72. The lowest BCUT2D eigenvalue weighted by atomic mass is 9.90. The van der Waals surface area contributed by atoms with Crippen LogP contribution in [0.1, 0.15) is 31.2 Å². The quantitative estimate of drug-likeness (QED) is 0.650. The molecule has 0 spiro atoms. The minimum atomic E-state index is -0.364. The Morgan fingerprint density at radius 3 is 2.57 bits per heavy atom. The third-order valence-electron chi connectivity index (χ3n) is 4.40. The zero-order valence-corrected chi connectivity index (χ0v) is 14.1. The Labute approximate surface area is 134 Å². The second kappa shape index (κ2) is 7.33. The van der Waals surface area contributed by atoms with Crippen molar-refractivity contribution < 1.29 is 4.92 Å². The maximum absolute atomic E-state index is 10.8. The topological polar surface area (TPSA) is 58.4 Å². The highest BCUT2D eigenvalue weighted by molar-refractivity contribution is 9.10. The molecule has 1 fully saturated rings. The van der Waals surface area contributed by atoms with Crippen molar-refractivity contribution in [2.75, 3.05) is 14.1 Å². The molecule has 1 aliphatic rings. The second-order valence-corrected chi connectivity index (χ2v) is 6.60. The highest BCUT2D eigenvalue weighted by Gasteiger charge is 2.23. The standard InChI is InChI=1S/C15H22BrN3O2/c1-17-12-4-7-13(8-5-12)18(2)10-11-3-6-14(19(20)21)9-15(11)16/h3,6,9,12-13,17H,4-5,7-8,10H2,1-2H3. The molecule has 0 saturated heterocycles. The molecule has 0 bridgehead atoms. The maximum atomic E-state index is 10.8. The number of rotatable bonds is 5. The first kappa shape index (κ1) is 16.4. The molecule has 0 heterocycles. The summed E-state index contributed by atoms with van der Waals surface area (Å²) in [5.41, 5.74) is 1.22. The van der Waals surface area contributed by atoms with Crippen LogP contribution in [0.15, 0.2) is 22.7 Å². The lowest BCUT2D eigenvalue weighted by molar-refractivity contribution is -0.384. The van der Waals surface area contributed by atoms with Crippen LogP contribution in [-0.2, 0) is 6.54 Å². The first-order chi connectivity index (χ1) is 10.0. The van der Waals surface area contributed by atoms with E-state index in [0.29, 0.717) is 12.1 Å². The first-order valence-electron chi connectivity index (χ1n) is 7.31.